The minimum Gasteiger partial charge on any atom is -0.465 e. The first-order valence-corrected chi connectivity index (χ1v) is 11.0. The molecule has 0 bridgehead atoms. The Morgan fingerprint density at radius 1 is 1.30 bits per heavy atom. The highest BCUT2D eigenvalue weighted by Gasteiger charge is 2.44. The number of carbonyl (C=O) groups is 2. The number of hydrogen-bond donors (Lipinski definition) is 0. The van der Waals surface area contributed by atoms with E-state index in [9.17, 15) is 9.59 Å². The maximum Gasteiger partial charge on any atom is 0.315 e. The summed E-state index contributed by atoms with van der Waals surface area (Å²) in [5, 5.41) is 6.06. The number of thiophene rings is 2. The smallest absolute Gasteiger partial charge is 0.315 e. The third-order valence-corrected chi connectivity index (χ3v) is 7.01. The van der Waals surface area contributed by atoms with Crippen LogP contribution in [-0.2, 0) is 14.3 Å². The average Bonchev–Trinajstić information content (AvgIpc) is 3.34. The molecule has 0 radical (unpaired) electrons. The van der Waals surface area contributed by atoms with Crippen molar-refractivity contribution in [3.8, 4) is 0 Å². The zero-order chi connectivity index (χ0) is 19.0. The summed E-state index contributed by atoms with van der Waals surface area (Å²) in [7, 11) is 0. The normalized spacial score (nSPS) is 25.2. The molecule has 1 unspecified atom stereocenters. The molecule has 0 N–H and O–H groups in total. The number of allylic oxidation sites excluding steroid dienone is 2. The van der Waals surface area contributed by atoms with Crippen LogP contribution in [0.1, 0.15) is 49.0 Å². The van der Waals surface area contributed by atoms with Gasteiger partial charge in [0.25, 0.3) is 0 Å². The number of rotatable bonds is 4. The predicted molar refractivity (Wildman–Crippen MR) is 109 cm³/mol. The van der Waals surface area contributed by atoms with E-state index in [1.54, 1.807) is 29.6 Å². The van der Waals surface area contributed by atoms with Gasteiger partial charge in [-0.2, -0.15) is 11.3 Å². The molecule has 3 heterocycles. The molecule has 2 aromatic rings. The molecule has 140 valence electrons. The maximum absolute atomic E-state index is 13.2. The van der Waals surface area contributed by atoms with E-state index >= 15 is 0 Å². The Labute approximate surface area is 166 Å². The fourth-order valence-electron chi connectivity index (χ4n) is 4.13. The monoisotopic (exact) mass is 399 g/mol. The van der Waals surface area contributed by atoms with Gasteiger partial charge in [-0.1, -0.05) is 6.07 Å². The summed E-state index contributed by atoms with van der Waals surface area (Å²) < 4.78 is 5.33. The van der Waals surface area contributed by atoms with E-state index in [1.165, 1.54) is 4.88 Å². The summed E-state index contributed by atoms with van der Waals surface area (Å²) in [6, 6.07) is 6.11. The molecule has 0 amide bonds. The molecule has 1 aliphatic carbocycles. The van der Waals surface area contributed by atoms with Gasteiger partial charge in [0, 0.05) is 40.1 Å². The van der Waals surface area contributed by atoms with Gasteiger partial charge in [0.2, 0.25) is 0 Å². The fraction of sp³-hybridized carbons (Fsp3) is 0.381. The Kier molecular flexibility index (Phi) is 5.10. The van der Waals surface area contributed by atoms with Crippen LogP contribution in [0.2, 0.25) is 0 Å². The summed E-state index contributed by atoms with van der Waals surface area (Å²) in [5.74, 6) is -0.832. The standard InChI is InChI=1S/C21H21NO3S2/c1-3-25-21(24)18-12(2)22-15-9-14(17-5-4-7-27-17)10-16(23)20(15)19(18)13-6-8-26-11-13/h4-8,11,14,18-19H,3,9-10H2,1-2H3/t14-,18?,19-/m1/s1. The van der Waals surface area contributed by atoms with Gasteiger partial charge in [-0.05, 0) is 54.1 Å². The van der Waals surface area contributed by atoms with Crippen molar-refractivity contribution in [2.75, 3.05) is 6.61 Å². The summed E-state index contributed by atoms with van der Waals surface area (Å²) >= 11 is 3.26. The van der Waals surface area contributed by atoms with Crippen LogP contribution in [0.3, 0.4) is 0 Å². The second kappa shape index (κ2) is 7.52. The van der Waals surface area contributed by atoms with Crippen LogP contribution >= 0.6 is 22.7 Å². The number of esters is 1. The van der Waals surface area contributed by atoms with E-state index in [0.29, 0.717) is 18.6 Å². The quantitative estimate of drug-likeness (QED) is 0.684. The number of Topliss-reactive ketones (excluding diaryl/α,β-unsaturated/α-hetero) is 1. The minimum absolute atomic E-state index is 0.108. The van der Waals surface area contributed by atoms with Gasteiger partial charge < -0.3 is 4.74 Å². The Hall–Kier alpha value is -2.05. The van der Waals surface area contributed by atoms with Crippen LogP contribution in [0.15, 0.2) is 50.6 Å². The summed E-state index contributed by atoms with van der Waals surface area (Å²) in [4.78, 5) is 31.9. The van der Waals surface area contributed by atoms with Crippen LogP contribution < -0.4 is 0 Å². The molecule has 2 aromatic heterocycles. The molecule has 1 aliphatic heterocycles. The van der Waals surface area contributed by atoms with Crippen LogP contribution in [0.5, 0.6) is 0 Å². The van der Waals surface area contributed by atoms with Crippen molar-refractivity contribution in [1.29, 1.82) is 0 Å². The van der Waals surface area contributed by atoms with Crippen molar-refractivity contribution in [2.45, 2.75) is 38.5 Å². The van der Waals surface area contributed by atoms with Crippen LogP contribution in [-0.4, -0.2) is 24.1 Å². The highest BCUT2D eigenvalue weighted by atomic mass is 32.1. The third-order valence-electron chi connectivity index (χ3n) is 5.28. The molecule has 0 spiro atoms. The SMILES string of the molecule is CCOC(=O)C1C(C)=NC2=C(C(=O)C[C@H](c3cccs3)C2)[C@@H]1c1ccsc1. The molecule has 3 atom stereocenters. The lowest BCUT2D eigenvalue weighted by Gasteiger charge is -2.35. The summed E-state index contributed by atoms with van der Waals surface area (Å²) in [5.41, 5.74) is 3.30. The van der Waals surface area contributed by atoms with Crippen molar-refractivity contribution in [3.63, 3.8) is 0 Å². The van der Waals surface area contributed by atoms with E-state index in [1.807, 2.05) is 35.2 Å². The number of aliphatic imine (C=N–C) groups is 1. The van der Waals surface area contributed by atoms with Crippen molar-refractivity contribution in [3.05, 3.63) is 56.1 Å². The highest BCUT2D eigenvalue weighted by molar-refractivity contribution is 7.10. The second-order valence-electron chi connectivity index (χ2n) is 6.92. The van der Waals surface area contributed by atoms with Crippen molar-refractivity contribution in [2.24, 2.45) is 10.9 Å². The highest BCUT2D eigenvalue weighted by Crippen LogP contribution is 2.47. The Balaban J connectivity index is 1.78. The molecule has 2 aliphatic rings. The molecule has 4 rings (SSSR count). The first kappa shape index (κ1) is 18.3. The van der Waals surface area contributed by atoms with Crippen molar-refractivity contribution >= 4 is 40.1 Å². The molecule has 6 heteroatoms. The van der Waals surface area contributed by atoms with E-state index in [2.05, 4.69) is 6.07 Å². The van der Waals surface area contributed by atoms with Gasteiger partial charge in [-0.15, -0.1) is 11.3 Å². The largest absolute Gasteiger partial charge is 0.465 e. The Bertz CT molecular complexity index is 909. The molecular formula is C21H21NO3S2. The molecule has 27 heavy (non-hydrogen) atoms. The number of carbonyl (C=O) groups excluding carboxylic acids is 2. The van der Waals surface area contributed by atoms with Gasteiger partial charge in [-0.25, -0.2) is 0 Å². The molecule has 0 saturated carbocycles. The lowest BCUT2D eigenvalue weighted by Crippen LogP contribution is -2.37. The van der Waals surface area contributed by atoms with E-state index in [-0.39, 0.29) is 23.6 Å². The minimum atomic E-state index is -0.527. The molecule has 4 nitrogen and oxygen atoms in total. The number of nitrogens with zero attached hydrogens (tertiary/aromatic N) is 1. The second-order valence-corrected chi connectivity index (χ2v) is 8.68. The molecule has 0 aromatic carbocycles. The third kappa shape index (κ3) is 3.32. The van der Waals surface area contributed by atoms with Crippen LogP contribution in [0.4, 0.5) is 0 Å². The van der Waals surface area contributed by atoms with Gasteiger partial charge in [0.15, 0.2) is 5.78 Å². The molecule has 0 fully saturated rings. The van der Waals surface area contributed by atoms with Gasteiger partial charge >= 0.3 is 5.97 Å². The predicted octanol–water partition coefficient (Wildman–Crippen LogP) is 4.95. The zero-order valence-electron chi connectivity index (χ0n) is 15.3. The van der Waals surface area contributed by atoms with Crippen molar-refractivity contribution in [1.82, 2.24) is 0 Å². The lowest BCUT2D eigenvalue weighted by molar-refractivity contribution is -0.146. The number of ketones is 1. The van der Waals surface area contributed by atoms with Gasteiger partial charge in [0.1, 0.15) is 5.92 Å². The van der Waals surface area contributed by atoms with Gasteiger partial charge in [-0.3, -0.25) is 14.6 Å². The van der Waals surface area contributed by atoms with E-state index < -0.39 is 5.92 Å². The number of ether oxygens (including phenoxy) is 1. The molecular weight excluding hydrogens is 378 g/mol. The van der Waals surface area contributed by atoms with Crippen LogP contribution in [0, 0.1) is 5.92 Å². The first-order chi connectivity index (χ1) is 13.1. The average molecular weight is 400 g/mol. The zero-order valence-corrected chi connectivity index (χ0v) is 16.9. The fourth-order valence-corrected chi connectivity index (χ4v) is 5.66. The van der Waals surface area contributed by atoms with Crippen LogP contribution in [0.25, 0.3) is 0 Å². The van der Waals surface area contributed by atoms with Crippen molar-refractivity contribution < 1.29 is 14.3 Å². The number of hydrogen-bond acceptors (Lipinski definition) is 6. The molecule has 0 saturated heterocycles. The van der Waals surface area contributed by atoms with E-state index in [0.717, 1.165) is 23.4 Å². The van der Waals surface area contributed by atoms with Gasteiger partial charge in [0.05, 0.1) is 6.61 Å². The lowest BCUT2D eigenvalue weighted by atomic mass is 9.70. The maximum atomic E-state index is 13.2. The summed E-state index contributed by atoms with van der Waals surface area (Å²) in [6.07, 6.45) is 1.22. The summed E-state index contributed by atoms with van der Waals surface area (Å²) in [6.45, 7) is 4.00. The Morgan fingerprint density at radius 2 is 2.15 bits per heavy atom. The van der Waals surface area contributed by atoms with E-state index in [4.69, 9.17) is 9.73 Å². The topological polar surface area (TPSA) is 55.7 Å². The Morgan fingerprint density at radius 3 is 2.81 bits per heavy atom. The first-order valence-electron chi connectivity index (χ1n) is 9.13.